The van der Waals surface area contributed by atoms with E-state index < -0.39 is 20.0 Å². The Balaban J connectivity index is 1.56. The third kappa shape index (κ3) is 5.66. The van der Waals surface area contributed by atoms with Crippen molar-refractivity contribution in [1.29, 1.82) is 0 Å². The first-order valence-corrected chi connectivity index (χ1v) is 12.4. The molecule has 0 unspecified atom stereocenters. The Labute approximate surface area is 170 Å². The highest BCUT2D eigenvalue weighted by atomic mass is 32.2. The summed E-state index contributed by atoms with van der Waals surface area (Å²) in [6.45, 7) is 0.758. The van der Waals surface area contributed by atoms with E-state index in [1.165, 1.54) is 41.1 Å². The van der Waals surface area contributed by atoms with Crippen molar-refractivity contribution in [2.24, 2.45) is 0 Å². The van der Waals surface area contributed by atoms with Gasteiger partial charge >= 0.3 is 0 Å². The molecule has 9 nitrogen and oxygen atoms in total. The van der Waals surface area contributed by atoms with Crippen molar-refractivity contribution in [3.8, 4) is 0 Å². The second kappa shape index (κ2) is 8.66. The number of amides is 1. The molecular weight excluding hydrogens is 418 g/mol. The van der Waals surface area contributed by atoms with Crippen LogP contribution >= 0.6 is 0 Å². The van der Waals surface area contributed by atoms with Gasteiger partial charge in [-0.05, 0) is 49.2 Å². The minimum Gasteiger partial charge on any atom is -0.468 e. The van der Waals surface area contributed by atoms with Crippen LogP contribution in [0.4, 0.5) is 0 Å². The molecule has 1 amide bonds. The van der Waals surface area contributed by atoms with Crippen molar-refractivity contribution in [3.05, 3.63) is 54.0 Å². The zero-order valence-corrected chi connectivity index (χ0v) is 17.5. The van der Waals surface area contributed by atoms with Gasteiger partial charge in [-0.1, -0.05) is 0 Å². The third-order valence-corrected chi connectivity index (χ3v) is 7.42. The van der Waals surface area contributed by atoms with Crippen LogP contribution in [-0.4, -0.2) is 52.4 Å². The van der Waals surface area contributed by atoms with E-state index in [1.807, 2.05) is 0 Å². The number of carbonyl (C=O) groups is 1. The van der Waals surface area contributed by atoms with Crippen LogP contribution in [-0.2, 0) is 26.6 Å². The SMILES string of the molecule is CS(=O)(=O)N1CCC(NC(=O)c2ccc(S(=O)(=O)NCc3ccco3)cc2)CC1. The van der Waals surface area contributed by atoms with Gasteiger partial charge in [-0.3, -0.25) is 4.79 Å². The molecular formula is C18H23N3O6S2. The number of benzene rings is 1. The summed E-state index contributed by atoms with van der Waals surface area (Å²) in [5.41, 5.74) is 0.334. The van der Waals surface area contributed by atoms with Crippen LogP contribution in [0, 0.1) is 0 Å². The second-order valence-electron chi connectivity index (χ2n) is 6.84. The van der Waals surface area contributed by atoms with Gasteiger partial charge in [0.2, 0.25) is 20.0 Å². The molecule has 2 N–H and O–H groups in total. The number of furan rings is 1. The first-order valence-electron chi connectivity index (χ1n) is 9.03. The van der Waals surface area contributed by atoms with E-state index in [1.54, 1.807) is 12.1 Å². The predicted octanol–water partition coefficient (Wildman–Crippen LogP) is 0.912. The van der Waals surface area contributed by atoms with Crippen LogP contribution in [0.3, 0.4) is 0 Å². The van der Waals surface area contributed by atoms with Crippen LogP contribution in [0.1, 0.15) is 29.0 Å². The van der Waals surface area contributed by atoms with Crippen LogP contribution in [0.2, 0.25) is 0 Å². The van der Waals surface area contributed by atoms with Crippen LogP contribution < -0.4 is 10.0 Å². The van der Waals surface area contributed by atoms with Crippen LogP contribution in [0.5, 0.6) is 0 Å². The minimum absolute atomic E-state index is 0.0315. The quantitative estimate of drug-likeness (QED) is 0.658. The van der Waals surface area contributed by atoms with E-state index in [9.17, 15) is 21.6 Å². The Morgan fingerprint density at radius 2 is 1.76 bits per heavy atom. The molecule has 158 valence electrons. The standard InChI is InChI=1S/C18H23N3O6S2/c1-28(23,24)21-10-8-15(9-11-21)20-18(22)14-4-6-17(7-5-14)29(25,26)19-13-16-3-2-12-27-16/h2-7,12,15,19H,8-11,13H2,1H3,(H,20,22). The lowest BCUT2D eigenvalue weighted by Crippen LogP contribution is -2.46. The Hall–Kier alpha value is -2.21. The molecule has 11 heteroatoms. The van der Waals surface area contributed by atoms with Crippen LogP contribution in [0.15, 0.2) is 52.0 Å². The van der Waals surface area contributed by atoms with E-state index in [0.29, 0.717) is 37.3 Å². The molecule has 2 heterocycles. The number of sulfonamides is 2. The molecule has 1 aliphatic heterocycles. The van der Waals surface area contributed by atoms with Crippen molar-refractivity contribution >= 4 is 26.0 Å². The van der Waals surface area contributed by atoms with E-state index >= 15 is 0 Å². The molecule has 2 aromatic rings. The zero-order valence-electron chi connectivity index (χ0n) is 15.9. The van der Waals surface area contributed by atoms with E-state index in [0.717, 1.165) is 0 Å². The summed E-state index contributed by atoms with van der Waals surface area (Å²) in [4.78, 5) is 12.5. The molecule has 0 spiro atoms. The highest BCUT2D eigenvalue weighted by Gasteiger charge is 2.26. The molecule has 0 radical (unpaired) electrons. The lowest BCUT2D eigenvalue weighted by Gasteiger charge is -2.30. The van der Waals surface area contributed by atoms with Crippen molar-refractivity contribution in [3.63, 3.8) is 0 Å². The summed E-state index contributed by atoms with van der Waals surface area (Å²) >= 11 is 0. The maximum atomic E-state index is 12.4. The highest BCUT2D eigenvalue weighted by Crippen LogP contribution is 2.15. The number of nitrogens with zero attached hydrogens (tertiary/aromatic N) is 1. The molecule has 29 heavy (non-hydrogen) atoms. The molecule has 1 aromatic carbocycles. The van der Waals surface area contributed by atoms with E-state index in [4.69, 9.17) is 4.42 Å². The first-order chi connectivity index (χ1) is 13.6. The number of hydrogen-bond acceptors (Lipinski definition) is 6. The zero-order chi connectivity index (χ0) is 21.1. The van der Waals surface area contributed by atoms with Gasteiger partial charge in [0.05, 0.1) is 24.0 Å². The fourth-order valence-corrected chi connectivity index (χ4v) is 4.92. The summed E-state index contributed by atoms with van der Waals surface area (Å²) in [5.74, 6) is 0.168. The maximum Gasteiger partial charge on any atom is 0.251 e. The number of piperidine rings is 1. The summed E-state index contributed by atoms with van der Waals surface area (Å²) in [6, 6.07) is 8.83. The molecule has 0 bridgehead atoms. The van der Waals surface area contributed by atoms with Gasteiger partial charge in [-0.15, -0.1) is 0 Å². The number of rotatable bonds is 7. The highest BCUT2D eigenvalue weighted by molar-refractivity contribution is 7.89. The fraction of sp³-hybridized carbons (Fsp3) is 0.389. The number of hydrogen-bond donors (Lipinski definition) is 2. The van der Waals surface area contributed by atoms with Crippen LogP contribution in [0.25, 0.3) is 0 Å². The molecule has 1 aliphatic rings. The summed E-state index contributed by atoms with van der Waals surface area (Å²) in [7, 11) is -6.95. The summed E-state index contributed by atoms with van der Waals surface area (Å²) in [5, 5.41) is 2.87. The predicted molar refractivity (Wildman–Crippen MR) is 106 cm³/mol. The number of nitrogens with one attached hydrogen (secondary N) is 2. The van der Waals surface area contributed by atoms with Gasteiger partial charge in [0.1, 0.15) is 5.76 Å². The fourth-order valence-electron chi connectivity index (χ4n) is 3.05. The molecule has 1 fully saturated rings. The normalized spacial score (nSPS) is 16.6. The molecule has 3 rings (SSSR count). The monoisotopic (exact) mass is 441 g/mol. The molecule has 1 saturated heterocycles. The third-order valence-electron chi connectivity index (χ3n) is 4.70. The van der Waals surface area contributed by atoms with Gasteiger partial charge in [-0.2, -0.15) is 0 Å². The van der Waals surface area contributed by atoms with Crippen molar-refractivity contribution in [2.75, 3.05) is 19.3 Å². The number of carbonyl (C=O) groups excluding carboxylic acids is 1. The Morgan fingerprint density at radius 3 is 2.31 bits per heavy atom. The van der Waals surface area contributed by atoms with Gasteiger partial charge in [0, 0.05) is 24.7 Å². The lowest BCUT2D eigenvalue weighted by atomic mass is 10.1. The van der Waals surface area contributed by atoms with Crippen molar-refractivity contribution < 1.29 is 26.0 Å². The molecule has 0 aliphatic carbocycles. The lowest BCUT2D eigenvalue weighted by molar-refractivity contribution is 0.0924. The topological polar surface area (TPSA) is 126 Å². The molecule has 0 atom stereocenters. The first kappa shape index (κ1) is 21.5. The van der Waals surface area contributed by atoms with Gasteiger partial charge in [0.25, 0.3) is 5.91 Å². The van der Waals surface area contributed by atoms with Gasteiger partial charge < -0.3 is 9.73 Å². The van der Waals surface area contributed by atoms with Gasteiger partial charge in [-0.25, -0.2) is 25.9 Å². The smallest absolute Gasteiger partial charge is 0.251 e. The molecule has 0 saturated carbocycles. The summed E-state index contributed by atoms with van der Waals surface area (Å²) in [6.07, 6.45) is 3.69. The Morgan fingerprint density at radius 1 is 1.10 bits per heavy atom. The Bertz CT molecular complexity index is 1040. The van der Waals surface area contributed by atoms with E-state index in [-0.39, 0.29) is 23.4 Å². The summed E-state index contributed by atoms with van der Waals surface area (Å²) < 4.78 is 56.7. The minimum atomic E-state index is -3.73. The second-order valence-corrected chi connectivity index (χ2v) is 10.6. The maximum absolute atomic E-state index is 12.4. The largest absolute Gasteiger partial charge is 0.468 e. The molecule has 1 aromatic heterocycles. The van der Waals surface area contributed by atoms with Crippen molar-refractivity contribution in [1.82, 2.24) is 14.3 Å². The van der Waals surface area contributed by atoms with E-state index in [2.05, 4.69) is 10.0 Å². The van der Waals surface area contributed by atoms with Gasteiger partial charge in [0.15, 0.2) is 0 Å². The average Bonchev–Trinajstić information content (AvgIpc) is 3.20. The van der Waals surface area contributed by atoms with Crippen molar-refractivity contribution in [2.45, 2.75) is 30.3 Å². The Kier molecular flexibility index (Phi) is 6.42. The average molecular weight is 442 g/mol.